The average molecular weight is 418 g/mol. The zero-order chi connectivity index (χ0) is 20.7. The van der Waals surface area contributed by atoms with Crippen molar-refractivity contribution < 1.29 is 4.79 Å². The number of pyridine rings is 1. The predicted octanol–water partition coefficient (Wildman–Crippen LogP) is 6.02. The maximum Gasteiger partial charge on any atom is 0.319 e. The van der Waals surface area contributed by atoms with Crippen molar-refractivity contribution in [3.63, 3.8) is 0 Å². The van der Waals surface area contributed by atoms with Crippen LogP contribution in [-0.2, 0) is 5.41 Å². The van der Waals surface area contributed by atoms with Crippen molar-refractivity contribution in [2.75, 3.05) is 24.4 Å². The maximum absolute atomic E-state index is 12.8. The molecule has 2 aromatic rings. The highest BCUT2D eigenvalue weighted by Gasteiger charge is 2.30. The number of anilines is 1. The number of nitrogens with zero attached hydrogens (tertiary/aromatic N) is 1. The van der Waals surface area contributed by atoms with Crippen molar-refractivity contribution in [3.8, 4) is 0 Å². The summed E-state index contributed by atoms with van der Waals surface area (Å²) < 4.78 is 0. The normalized spacial score (nSPS) is 11.4. The van der Waals surface area contributed by atoms with Crippen LogP contribution in [0.15, 0.2) is 40.3 Å². The van der Waals surface area contributed by atoms with Gasteiger partial charge in [-0.05, 0) is 56.4 Å². The van der Waals surface area contributed by atoms with Crippen LogP contribution in [0.5, 0.6) is 0 Å². The molecule has 6 heteroatoms. The van der Waals surface area contributed by atoms with E-state index in [4.69, 9.17) is 0 Å². The van der Waals surface area contributed by atoms with Gasteiger partial charge in [-0.25, -0.2) is 9.78 Å². The Bertz CT molecular complexity index is 794. The molecule has 2 rings (SSSR count). The Morgan fingerprint density at radius 1 is 1.11 bits per heavy atom. The van der Waals surface area contributed by atoms with Gasteiger partial charge in [0.15, 0.2) is 0 Å². The third kappa shape index (κ3) is 5.03. The van der Waals surface area contributed by atoms with Crippen LogP contribution < -0.4 is 10.6 Å². The first kappa shape index (κ1) is 22.6. The van der Waals surface area contributed by atoms with Gasteiger partial charge in [0.05, 0.1) is 5.69 Å². The summed E-state index contributed by atoms with van der Waals surface area (Å²) in [5, 5.41) is 7.00. The summed E-state index contributed by atoms with van der Waals surface area (Å²) in [6, 6.07) is 10.3. The lowest BCUT2D eigenvalue weighted by Crippen LogP contribution is -2.42. The highest BCUT2D eigenvalue weighted by atomic mass is 32.2. The third-order valence-corrected chi connectivity index (χ3v) is 6.83. The molecule has 0 saturated carbocycles. The molecule has 2 amide bonds. The molecule has 0 unspecified atom stereocenters. The van der Waals surface area contributed by atoms with Gasteiger partial charge in [0.1, 0.15) is 5.03 Å². The molecule has 4 nitrogen and oxygen atoms in total. The van der Waals surface area contributed by atoms with Crippen molar-refractivity contribution in [2.24, 2.45) is 0 Å². The van der Waals surface area contributed by atoms with E-state index in [0.29, 0.717) is 6.54 Å². The molecule has 0 bridgehead atoms. The zero-order valence-corrected chi connectivity index (χ0v) is 19.3. The average Bonchev–Trinajstić information content (AvgIpc) is 2.71. The standard InChI is InChI=1S/C22H31N3OS2/c1-7-22(8-2,17-12-10-9-11-15(17)3)14-23-21(26)25-19-18(27-5)13-16(4)24-20(19)28-6/h9-13H,7-8,14H2,1-6H3,(H2,23,25,26). The minimum absolute atomic E-state index is 0.0706. The Balaban J connectivity index is 2.20. The minimum Gasteiger partial charge on any atom is -0.337 e. The molecule has 0 aliphatic heterocycles. The van der Waals surface area contributed by atoms with E-state index >= 15 is 0 Å². The fourth-order valence-corrected chi connectivity index (χ4v) is 4.90. The van der Waals surface area contributed by atoms with Crippen molar-refractivity contribution in [1.29, 1.82) is 0 Å². The van der Waals surface area contributed by atoms with E-state index in [-0.39, 0.29) is 11.4 Å². The second-order valence-corrected chi connectivity index (χ2v) is 8.60. The molecule has 1 heterocycles. The molecule has 0 aliphatic rings. The molecule has 1 aromatic heterocycles. The number of hydrogen-bond donors (Lipinski definition) is 2. The quantitative estimate of drug-likeness (QED) is 0.516. The molecule has 28 heavy (non-hydrogen) atoms. The number of urea groups is 1. The summed E-state index contributed by atoms with van der Waals surface area (Å²) in [6.07, 6.45) is 5.92. The Hall–Kier alpha value is -1.66. The number of nitrogens with one attached hydrogen (secondary N) is 2. The smallest absolute Gasteiger partial charge is 0.319 e. The number of thioether (sulfide) groups is 2. The highest BCUT2D eigenvalue weighted by Crippen LogP contribution is 2.35. The molecule has 0 saturated heterocycles. The Labute approximate surface area is 177 Å². The summed E-state index contributed by atoms with van der Waals surface area (Å²) in [5.41, 5.74) is 4.25. The summed E-state index contributed by atoms with van der Waals surface area (Å²) in [6.45, 7) is 9.10. The number of carbonyl (C=O) groups is 1. The van der Waals surface area contributed by atoms with Crippen LogP contribution in [0.1, 0.15) is 43.5 Å². The van der Waals surface area contributed by atoms with E-state index in [9.17, 15) is 4.79 Å². The topological polar surface area (TPSA) is 54.0 Å². The predicted molar refractivity (Wildman–Crippen MR) is 123 cm³/mol. The van der Waals surface area contributed by atoms with Crippen molar-refractivity contribution in [2.45, 2.75) is 55.9 Å². The van der Waals surface area contributed by atoms with E-state index < -0.39 is 0 Å². The molecular formula is C22H31N3OS2. The first-order chi connectivity index (χ1) is 13.4. The lowest BCUT2D eigenvalue weighted by atomic mass is 9.74. The van der Waals surface area contributed by atoms with Gasteiger partial charge >= 0.3 is 6.03 Å². The molecular weight excluding hydrogens is 386 g/mol. The number of carbonyl (C=O) groups excluding carboxylic acids is 1. The molecule has 0 atom stereocenters. The number of hydrogen-bond acceptors (Lipinski definition) is 4. The van der Waals surface area contributed by atoms with E-state index in [1.807, 2.05) is 25.5 Å². The lowest BCUT2D eigenvalue weighted by Gasteiger charge is -2.34. The molecule has 0 fully saturated rings. The molecule has 0 aliphatic carbocycles. The van der Waals surface area contributed by atoms with Gasteiger partial charge < -0.3 is 10.6 Å². The van der Waals surface area contributed by atoms with Gasteiger partial charge in [-0.1, -0.05) is 38.1 Å². The molecule has 1 aromatic carbocycles. The minimum atomic E-state index is -0.184. The largest absolute Gasteiger partial charge is 0.337 e. The lowest BCUT2D eigenvalue weighted by molar-refractivity contribution is 0.247. The molecule has 152 valence electrons. The van der Waals surface area contributed by atoms with E-state index in [0.717, 1.165) is 34.1 Å². The van der Waals surface area contributed by atoms with Crippen molar-refractivity contribution in [3.05, 3.63) is 47.2 Å². The zero-order valence-electron chi connectivity index (χ0n) is 17.7. The summed E-state index contributed by atoms with van der Waals surface area (Å²) in [4.78, 5) is 18.4. The maximum atomic E-state index is 12.8. The Morgan fingerprint density at radius 2 is 1.79 bits per heavy atom. The Morgan fingerprint density at radius 3 is 2.36 bits per heavy atom. The van der Waals surface area contributed by atoms with Crippen LogP contribution in [-0.4, -0.2) is 30.1 Å². The molecule has 0 radical (unpaired) electrons. The van der Waals surface area contributed by atoms with Gasteiger partial charge in [-0.15, -0.1) is 23.5 Å². The van der Waals surface area contributed by atoms with Gasteiger partial charge in [-0.2, -0.15) is 0 Å². The highest BCUT2D eigenvalue weighted by molar-refractivity contribution is 7.99. The second-order valence-electron chi connectivity index (χ2n) is 6.96. The van der Waals surface area contributed by atoms with Crippen LogP contribution in [0.4, 0.5) is 10.5 Å². The fourth-order valence-electron chi connectivity index (χ4n) is 3.59. The number of amides is 2. The summed E-state index contributed by atoms with van der Waals surface area (Å²) >= 11 is 3.16. The van der Waals surface area contributed by atoms with E-state index in [1.54, 1.807) is 23.5 Å². The number of aromatic nitrogens is 1. The van der Waals surface area contributed by atoms with Crippen molar-refractivity contribution >= 4 is 35.2 Å². The van der Waals surface area contributed by atoms with Gasteiger partial charge in [0.25, 0.3) is 0 Å². The third-order valence-electron chi connectivity index (χ3n) is 5.39. The summed E-state index contributed by atoms with van der Waals surface area (Å²) in [7, 11) is 0. The van der Waals surface area contributed by atoms with Crippen LogP contribution in [0, 0.1) is 13.8 Å². The van der Waals surface area contributed by atoms with Gasteiger partial charge in [0.2, 0.25) is 0 Å². The fraction of sp³-hybridized carbons (Fsp3) is 0.455. The van der Waals surface area contributed by atoms with Crippen LogP contribution >= 0.6 is 23.5 Å². The number of rotatable bonds is 8. The molecule has 0 spiro atoms. The second kappa shape index (κ2) is 10.2. The molecule has 2 N–H and O–H groups in total. The number of aryl methyl sites for hydroxylation is 2. The first-order valence-corrected chi connectivity index (χ1v) is 12.1. The SMILES string of the molecule is CCC(CC)(CNC(=O)Nc1c(SC)cc(C)nc1SC)c1ccccc1C. The van der Waals surface area contributed by atoms with E-state index in [2.05, 4.69) is 60.7 Å². The van der Waals surface area contributed by atoms with Gasteiger partial charge in [-0.3, -0.25) is 0 Å². The van der Waals surface area contributed by atoms with Crippen LogP contribution in [0.25, 0.3) is 0 Å². The van der Waals surface area contributed by atoms with Crippen LogP contribution in [0.3, 0.4) is 0 Å². The van der Waals surface area contributed by atoms with Gasteiger partial charge in [0, 0.05) is 22.5 Å². The summed E-state index contributed by atoms with van der Waals surface area (Å²) in [5.74, 6) is 0. The first-order valence-electron chi connectivity index (χ1n) is 9.61. The van der Waals surface area contributed by atoms with Crippen molar-refractivity contribution in [1.82, 2.24) is 10.3 Å². The van der Waals surface area contributed by atoms with Crippen LogP contribution in [0.2, 0.25) is 0 Å². The number of benzene rings is 1. The monoisotopic (exact) mass is 417 g/mol. The Kier molecular flexibility index (Phi) is 8.25. The van der Waals surface area contributed by atoms with E-state index in [1.165, 1.54) is 11.1 Å².